The van der Waals surface area contributed by atoms with Crippen molar-refractivity contribution >= 4 is 5.97 Å². The van der Waals surface area contributed by atoms with Gasteiger partial charge in [0.15, 0.2) is 6.61 Å². The first kappa shape index (κ1) is 19.4. The summed E-state index contributed by atoms with van der Waals surface area (Å²) < 4.78 is 83.8. The Morgan fingerprint density at radius 1 is 0.962 bits per heavy atom. The van der Waals surface area contributed by atoms with E-state index in [9.17, 15) is 31.1 Å². The molecule has 0 saturated heterocycles. The molecule has 0 aliphatic rings. The SMILES string of the molecule is O=C(O)COc1ccc(C(F)(F)F)cc1-c1ccc(OC(F)(F)F)cc1. The van der Waals surface area contributed by atoms with Crippen molar-refractivity contribution in [3.8, 4) is 22.6 Å². The van der Waals surface area contributed by atoms with E-state index in [2.05, 4.69) is 4.74 Å². The lowest BCUT2D eigenvalue weighted by atomic mass is 10.0. The van der Waals surface area contributed by atoms with Crippen LogP contribution in [0.3, 0.4) is 0 Å². The Labute approximate surface area is 142 Å². The summed E-state index contributed by atoms with van der Waals surface area (Å²) in [7, 11) is 0. The number of alkyl halides is 6. The molecule has 10 heteroatoms. The second-order valence-electron chi connectivity index (χ2n) is 4.96. The number of carboxylic acids is 1. The van der Waals surface area contributed by atoms with Crippen LogP contribution in [0.15, 0.2) is 42.5 Å². The van der Waals surface area contributed by atoms with Crippen molar-refractivity contribution < 1.29 is 45.7 Å². The van der Waals surface area contributed by atoms with E-state index in [0.29, 0.717) is 6.07 Å². The third-order valence-electron chi connectivity index (χ3n) is 3.06. The molecule has 0 radical (unpaired) electrons. The number of hydrogen-bond donors (Lipinski definition) is 1. The van der Waals surface area contributed by atoms with E-state index < -0.39 is 36.4 Å². The van der Waals surface area contributed by atoms with Gasteiger partial charge in [0.1, 0.15) is 11.5 Å². The Morgan fingerprint density at radius 2 is 1.58 bits per heavy atom. The van der Waals surface area contributed by atoms with Gasteiger partial charge in [-0.2, -0.15) is 13.2 Å². The van der Waals surface area contributed by atoms with E-state index in [1.807, 2.05) is 0 Å². The van der Waals surface area contributed by atoms with Gasteiger partial charge in [0.2, 0.25) is 0 Å². The van der Waals surface area contributed by atoms with Gasteiger partial charge in [-0.3, -0.25) is 0 Å². The van der Waals surface area contributed by atoms with Gasteiger partial charge in [0.25, 0.3) is 0 Å². The molecule has 0 heterocycles. The predicted molar refractivity (Wildman–Crippen MR) is 76.7 cm³/mol. The molecule has 0 spiro atoms. The normalized spacial score (nSPS) is 11.9. The topological polar surface area (TPSA) is 55.8 Å². The molecular weight excluding hydrogens is 370 g/mol. The van der Waals surface area contributed by atoms with Gasteiger partial charge in [-0.05, 0) is 35.9 Å². The molecule has 0 saturated carbocycles. The van der Waals surface area contributed by atoms with Crippen LogP contribution in [0.2, 0.25) is 0 Å². The third-order valence-corrected chi connectivity index (χ3v) is 3.06. The molecule has 4 nitrogen and oxygen atoms in total. The van der Waals surface area contributed by atoms with Gasteiger partial charge in [0, 0.05) is 5.56 Å². The van der Waals surface area contributed by atoms with Crippen molar-refractivity contribution in [1.82, 2.24) is 0 Å². The van der Waals surface area contributed by atoms with Crippen LogP contribution in [-0.2, 0) is 11.0 Å². The molecule has 26 heavy (non-hydrogen) atoms. The fraction of sp³-hybridized carbons (Fsp3) is 0.188. The Hall–Kier alpha value is -2.91. The summed E-state index contributed by atoms with van der Waals surface area (Å²) in [6.45, 7) is -0.798. The predicted octanol–water partition coefficient (Wildman–Crippen LogP) is 4.73. The van der Waals surface area contributed by atoms with Crippen LogP contribution < -0.4 is 9.47 Å². The van der Waals surface area contributed by atoms with Gasteiger partial charge in [-0.25, -0.2) is 4.79 Å². The highest BCUT2D eigenvalue weighted by Gasteiger charge is 2.32. The highest BCUT2D eigenvalue weighted by Crippen LogP contribution is 2.38. The van der Waals surface area contributed by atoms with Crippen molar-refractivity contribution in [3.63, 3.8) is 0 Å². The van der Waals surface area contributed by atoms with Crippen LogP contribution in [0.4, 0.5) is 26.3 Å². The summed E-state index contributed by atoms with van der Waals surface area (Å²) in [5.41, 5.74) is -1.06. The summed E-state index contributed by atoms with van der Waals surface area (Å²) >= 11 is 0. The number of benzene rings is 2. The first-order valence-electron chi connectivity index (χ1n) is 6.88. The number of carbonyl (C=O) groups is 1. The standard InChI is InChI=1S/C16H10F6O4/c17-15(18,19)10-3-6-13(25-8-14(23)24)12(7-10)9-1-4-11(5-2-9)26-16(20,21)22/h1-7H,8H2,(H,23,24). The molecule has 0 fully saturated rings. The summed E-state index contributed by atoms with van der Waals surface area (Å²) in [6.07, 6.45) is -9.58. The number of rotatable bonds is 5. The molecule has 140 valence electrons. The Morgan fingerprint density at radius 3 is 2.08 bits per heavy atom. The average molecular weight is 380 g/mol. The lowest BCUT2D eigenvalue weighted by Crippen LogP contribution is -2.16. The van der Waals surface area contributed by atoms with Gasteiger partial charge in [-0.1, -0.05) is 12.1 Å². The third kappa shape index (κ3) is 5.30. The van der Waals surface area contributed by atoms with Crippen LogP contribution in [0.25, 0.3) is 11.1 Å². The van der Waals surface area contributed by atoms with E-state index in [0.717, 1.165) is 36.4 Å². The smallest absolute Gasteiger partial charge is 0.481 e. The molecular formula is C16H10F6O4. The largest absolute Gasteiger partial charge is 0.573 e. The number of ether oxygens (including phenoxy) is 2. The maximum atomic E-state index is 12.9. The van der Waals surface area contributed by atoms with E-state index in [1.165, 1.54) is 0 Å². The quantitative estimate of drug-likeness (QED) is 0.762. The zero-order valence-electron chi connectivity index (χ0n) is 12.7. The van der Waals surface area contributed by atoms with Gasteiger partial charge in [0.05, 0.1) is 5.56 Å². The molecule has 0 aromatic heterocycles. The summed E-state index contributed by atoms with van der Waals surface area (Å²) in [5.74, 6) is -2.06. The molecule has 0 bridgehead atoms. The Bertz CT molecular complexity index is 781. The van der Waals surface area contributed by atoms with Crippen LogP contribution in [0.1, 0.15) is 5.56 Å². The minimum absolute atomic E-state index is 0.0889. The van der Waals surface area contributed by atoms with Crippen molar-refractivity contribution in [2.24, 2.45) is 0 Å². The van der Waals surface area contributed by atoms with Crippen LogP contribution in [0, 0.1) is 0 Å². The fourth-order valence-corrected chi connectivity index (χ4v) is 2.03. The zero-order chi connectivity index (χ0) is 19.5. The van der Waals surface area contributed by atoms with Gasteiger partial charge in [-0.15, -0.1) is 13.2 Å². The Kier molecular flexibility index (Phi) is 5.33. The van der Waals surface area contributed by atoms with Gasteiger partial charge < -0.3 is 14.6 Å². The van der Waals surface area contributed by atoms with Crippen LogP contribution >= 0.6 is 0 Å². The van der Waals surface area contributed by atoms with E-state index in [1.54, 1.807) is 0 Å². The maximum Gasteiger partial charge on any atom is 0.573 e. The second kappa shape index (κ2) is 7.14. The summed E-state index contributed by atoms with van der Waals surface area (Å²) in [6, 6.07) is 6.42. The van der Waals surface area contributed by atoms with Crippen molar-refractivity contribution in [2.45, 2.75) is 12.5 Å². The van der Waals surface area contributed by atoms with Crippen LogP contribution in [-0.4, -0.2) is 24.0 Å². The zero-order valence-corrected chi connectivity index (χ0v) is 12.7. The number of hydrogen-bond acceptors (Lipinski definition) is 3. The lowest BCUT2D eigenvalue weighted by molar-refractivity contribution is -0.274. The highest BCUT2D eigenvalue weighted by atomic mass is 19.4. The van der Waals surface area contributed by atoms with Crippen molar-refractivity contribution in [1.29, 1.82) is 0 Å². The van der Waals surface area contributed by atoms with Crippen molar-refractivity contribution in [3.05, 3.63) is 48.0 Å². The van der Waals surface area contributed by atoms with Crippen LogP contribution in [0.5, 0.6) is 11.5 Å². The molecule has 0 aliphatic heterocycles. The fourth-order valence-electron chi connectivity index (χ4n) is 2.03. The number of carboxylic acid groups (broad SMARTS) is 1. The minimum atomic E-state index is -4.91. The number of halogens is 6. The molecule has 0 aliphatic carbocycles. The molecule has 1 N–H and O–H groups in total. The lowest BCUT2D eigenvalue weighted by Gasteiger charge is -2.15. The maximum absolute atomic E-state index is 12.9. The molecule has 2 aromatic rings. The molecule has 2 aromatic carbocycles. The second-order valence-corrected chi connectivity index (χ2v) is 4.96. The first-order chi connectivity index (χ1) is 12.0. The van der Waals surface area contributed by atoms with E-state index in [-0.39, 0.29) is 16.9 Å². The Balaban J connectivity index is 2.42. The summed E-state index contributed by atoms with van der Waals surface area (Å²) in [5, 5.41) is 8.64. The van der Waals surface area contributed by atoms with E-state index >= 15 is 0 Å². The summed E-state index contributed by atoms with van der Waals surface area (Å²) in [4.78, 5) is 10.6. The average Bonchev–Trinajstić information content (AvgIpc) is 2.51. The van der Waals surface area contributed by atoms with Gasteiger partial charge >= 0.3 is 18.5 Å². The highest BCUT2D eigenvalue weighted by molar-refractivity contribution is 5.73. The first-order valence-corrected chi connectivity index (χ1v) is 6.88. The molecule has 0 unspecified atom stereocenters. The molecule has 2 rings (SSSR count). The molecule has 0 amide bonds. The monoisotopic (exact) mass is 380 g/mol. The number of aliphatic carboxylic acids is 1. The van der Waals surface area contributed by atoms with E-state index in [4.69, 9.17) is 9.84 Å². The minimum Gasteiger partial charge on any atom is -0.481 e. The van der Waals surface area contributed by atoms with Crippen molar-refractivity contribution in [2.75, 3.05) is 6.61 Å². The molecule has 0 atom stereocenters.